The van der Waals surface area contributed by atoms with E-state index in [0.29, 0.717) is 18.8 Å². The van der Waals surface area contributed by atoms with Gasteiger partial charge in [0, 0.05) is 6.54 Å². The zero-order valence-electron chi connectivity index (χ0n) is 12.1. The number of likely N-dealkylation sites (N-methyl/N-ethyl adjacent to an activating group) is 1. The first-order valence-electron chi connectivity index (χ1n) is 6.13. The lowest BCUT2D eigenvalue weighted by atomic mass is 10.1. The second kappa shape index (κ2) is 6.23. The van der Waals surface area contributed by atoms with Crippen molar-refractivity contribution in [3.8, 4) is 0 Å². The SMILES string of the molecule is CN(C)CCn1ncc(NC(C)(C)C(N)=O)c(Cl)c1=O. The first-order valence-corrected chi connectivity index (χ1v) is 6.51. The van der Waals surface area contributed by atoms with Gasteiger partial charge in [0.15, 0.2) is 0 Å². The summed E-state index contributed by atoms with van der Waals surface area (Å²) in [6.07, 6.45) is 1.42. The van der Waals surface area contributed by atoms with E-state index in [1.54, 1.807) is 13.8 Å². The van der Waals surface area contributed by atoms with Crippen LogP contribution in [0.15, 0.2) is 11.0 Å². The number of hydrogen-bond donors (Lipinski definition) is 2. The number of primary amides is 1. The fraction of sp³-hybridized carbons (Fsp3) is 0.583. The largest absolute Gasteiger partial charge is 0.369 e. The highest BCUT2D eigenvalue weighted by molar-refractivity contribution is 6.33. The summed E-state index contributed by atoms with van der Waals surface area (Å²) in [7, 11) is 3.80. The molecule has 0 aliphatic rings. The Bertz CT molecular complexity index is 553. The molecule has 1 heterocycles. The monoisotopic (exact) mass is 301 g/mol. The molecule has 0 aromatic carbocycles. The quantitative estimate of drug-likeness (QED) is 0.779. The van der Waals surface area contributed by atoms with E-state index in [0.717, 1.165) is 0 Å². The van der Waals surface area contributed by atoms with Crippen LogP contribution in [0.2, 0.25) is 5.02 Å². The summed E-state index contributed by atoms with van der Waals surface area (Å²) in [6, 6.07) is 0. The van der Waals surface area contributed by atoms with Crippen molar-refractivity contribution >= 4 is 23.2 Å². The molecule has 0 atom stereocenters. The highest BCUT2D eigenvalue weighted by Crippen LogP contribution is 2.20. The van der Waals surface area contributed by atoms with Gasteiger partial charge in [-0.05, 0) is 27.9 Å². The van der Waals surface area contributed by atoms with Crippen molar-refractivity contribution in [1.82, 2.24) is 14.7 Å². The Hall–Kier alpha value is -1.60. The van der Waals surface area contributed by atoms with E-state index < -0.39 is 17.0 Å². The minimum absolute atomic E-state index is 0.00641. The molecule has 20 heavy (non-hydrogen) atoms. The number of nitrogens with zero attached hydrogens (tertiary/aromatic N) is 3. The number of halogens is 1. The molecule has 1 aromatic heterocycles. The molecule has 0 aliphatic heterocycles. The smallest absolute Gasteiger partial charge is 0.287 e. The summed E-state index contributed by atoms with van der Waals surface area (Å²) in [5.74, 6) is -0.551. The molecular weight excluding hydrogens is 282 g/mol. The first-order chi connectivity index (χ1) is 9.15. The number of rotatable bonds is 6. The van der Waals surface area contributed by atoms with Gasteiger partial charge in [0.1, 0.15) is 10.6 Å². The van der Waals surface area contributed by atoms with Crippen LogP contribution >= 0.6 is 11.6 Å². The summed E-state index contributed by atoms with van der Waals surface area (Å²) in [4.78, 5) is 25.3. The molecule has 0 spiro atoms. The Morgan fingerprint density at radius 3 is 2.65 bits per heavy atom. The minimum Gasteiger partial charge on any atom is -0.369 e. The van der Waals surface area contributed by atoms with Gasteiger partial charge in [-0.3, -0.25) is 9.59 Å². The normalized spacial score (nSPS) is 11.7. The van der Waals surface area contributed by atoms with Gasteiger partial charge in [-0.2, -0.15) is 5.10 Å². The maximum atomic E-state index is 12.1. The fourth-order valence-electron chi connectivity index (χ4n) is 1.40. The Balaban J connectivity index is 3.01. The average Bonchev–Trinajstić information content (AvgIpc) is 2.33. The number of amides is 1. The van der Waals surface area contributed by atoms with Crippen LogP contribution in [0.3, 0.4) is 0 Å². The third kappa shape index (κ3) is 3.94. The molecule has 0 saturated heterocycles. The molecule has 1 amide bonds. The zero-order chi connectivity index (χ0) is 15.5. The van der Waals surface area contributed by atoms with E-state index >= 15 is 0 Å². The molecule has 0 unspecified atom stereocenters. The van der Waals surface area contributed by atoms with Crippen LogP contribution in [-0.2, 0) is 11.3 Å². The Morgan fingerprint density at radius 2 is 2.15 bits per heavy atom. The molecule has 112 valence electrons. The van der Waals surface area contributed by atoms with Gasteiger partial charge >= 0.3 is 0 Å². The number of nitrogens with two attached hydrogens (primary N) is 1. The fourth-order valence-corrected chi connectivity index (χ4v) is 1.60. The van der Waals surface area contributed by atoms with E-state index in [9.17, 15) is 9.59 Å². The molecule has 7 nitrogen and oxygen atoms in total. The Kier molecular flexibility index (Phi) is 5.13. The van der Waals surface area contributed by atoms with Gasteiger partial charge < -0.3 is 16.0 Å². The van der Waals surface area contributed by atoms with E-state index in [1.165, 1.54) is 10.9 Å². The number of aromatic nitrogens is 2. The van der Waals surface area contributed by atoms with E-state index in [4.69, 9.17) is 17.3 Å². The number of anilines is 1. The zero-order valence-corrected chi connectivity index (χ0v) is 12.9. The summed E-state index contributed by atoms with van der Waals surface area (Å²) >= 11 is 6.02. The number of hydrogen-bond acceptors (Lipinski definition) is 5. The molecule has 0 fully saturated rings. The maximum absolute atomic E-state index is 12.1. The van der Waals surface area contributed by atoms with Crippen molar-refractivity contribution < 1.29 is 4.79 Å². The van der Waals surface area contributed by atoms with Crippen LogP contribution in [0.4, 0.5) is 5.69 Å². The standard InChI is InChI=1S/C12H20ClN5O2/c1-12(2,11(14)20)16-8-7-15-18(6-5-17(3)4)10(19)9(8)13/h7,16H,5-6H2,1-4H3,(H2,14,20). The van der Waals surface area contributed by atoms with Crippen molar-refractivity contribution in [2.24, 2.45) is 5.73 Å². The molecule has 1 rings (SSSR count). The molecule has 0 saturated carbocycles. The van der Waals surface area contributed by atoms with Crippen molar-refractivity contribution in [3.05, 3.63) is 21.6 Å². The Morgan fingerprint density at radius 1 is 1.55 bits per heavy atom. The number of carbonyl (C=O) groups excluding carboxylic acids is 1. The lowest BCUT2D eigenvalue weighted by Crippen LogP contribution is -2.45. The van der Waals surface area contributed by atoms with Crippen LogP contribution in [0, 0.1) is 0 Å². The van der Waals surface area contributed by atoms with Gasteiger partial charge in [0.25, 0.3) is 5.56 Å². The highest BCUT2D eigenvalue weighted by Gasteiger charge is 2.26. The molecule has 0 bridgehead atoms. The summed E-state index contributed by atoms with van der Waals surface area (Å²) < 4.78 is 1.28. The molecule has 1 aromatic rings. The summed E-state index contributed by atoms with van der Waals surface area (Å²) in [5, 5.41) is 6.85. The molecule has 0 radical (unpaired) electrons. The van der Waals surface area contributed by atoms with E-state index in [-0.39, 0.29) is 5.02 Å². The second-order valence-electron chi connectivity index (χ2n) is 5.32. The molecule has 0 aliphatic carbocycles. The third-order valence-electron chi connectivity index (χ3n) is 2.81. The van der Waals surface area contributed by atoms with Gasteiger partial charge in [-0.25, -0.2) is 4.68 Å². The van der Waals surface area contributed by atoms with Gasteiger partial charge in [-0.15, -0.1) is 0 Å². The summed E-state index contributed by atoms with van der Waals surface area (Å²) in [6.45, 7) is 4.31. The maximum Gasteiger partial charge on any atom is 0.287 e. The van der Waals surface area contributed by atoms with Crippen LogP contribution < -0.4 is 16.6 Å². The van der Waals surface area contributed by atoms with Crippen LogP contribution in [0.25, 0.3) is 0 Å². The van der Waals surface area contributed by atoms with Crippen LogP contribution in [0.5, 0.6) is 0 Å². The van der Waals surface area contributed by atoms with Crippen molar-refractivity contribution in [2.45, 2.75) is 25.9 Å². The highest BCUT2D eigenvalue weighted by atomic mass is 35.5. The van der Waals surface area contributed by atoms with Crippen LogP contribution in [-0.4, -0.2) is 46.8 Å². The predicted molar refractivity (Wildman–Crippen MR) is 79.0 cm³/mol. The summed E-state index contributed by atoms with van der Waals surface area (Å²) in [5.41, 5.74) is 4.13. The number of nitrogens with one attached hydrogen (secondary N) is 1. The molecular formula is C12H20ClN5O2. The van der Waals surface area contributed by atoms with Crippen LogP contribution in [0.1, 0.15) is 13.8 Å². The third-order valence-corrected chi connectivity index (χ3v) is 3.17. The van der Waals surface area contributed by atoms with Crippen molar-refractivity contribution in [1.29, 1.82) is 0 Å². The van der Waals surface area contributed by atoms with Crippen molar-refractivity contribution in [2.75, 3.05) is 26.0 Å². The number of carbonyl (C=O) groups is 1. The van der Waals surface area contributed by atoms with E-state index in [2.05, 4.69) is 10.4 Å². The first kappa shape index (κ1) is 16.5. The topological polar surface area (TPSA) is 93.2 Å². The Labute approximate surface area is 122 Å². The molecule has 8 heteroatoms. The lowest BCUT2D eigenvalue weighted by Gasteiger charge is -2.24. The molecule has 3 N–H and O–H groups in total. The lowest BCUT2D eigenvalue weighted by molar-refractivity contribution is -0.121. The van der Waals surface area contributed by atoms with Gasteiger partial charge in [-0.1, -0.05) is 11.6 Å². The average molecular weight is 302 g/mol. The van der Waals surface area contributed by atoms with Gasteiger partial charge in [0.05, 0.1) is 18.4 Å². The van der Waals surface area contributed by atoms with Crippen molar-refractivity contribution in [3.63, 3.8) is 0 Å². The van der Waals surface area contributed by atoms with E-state index in [1.807, 2.05) is 19.0 Å². The second-order valence-corrected chi connectivity index (χ2v) is 5.70. The minimum atomic E-state index is -1.02. The predicted octanol–water partition coefficient (Wildman–Crippen LogP) is 0.134. The van der Waals surface area contributed by atoms with Gasteiger partial charge in [0.2, 0.25) is 5.91 Å².